The molecule has 1 aromatic heterocycles. The van der Waals surface area contributed by atoms with Crippen molar-refractivity contribution >= 4 is 17.0 Å². The maximum atomic E-state index is 11.8. The van der Waals surface area contributed by atoms with Crippen LogP contribution >= 0.6 is 0 Å². The lowest BCUT2D eigenvalue weighted by Crippen LogP contribution is -2.05. The van der Waals surface area contributed by atoms with Crippen LogP contribution in [0.5, 0.6) is 0 Å². The predicted molar refractivity (Wildman–Crippen MR) is 186 cm³/mol. The molecule has 0 radical (unpaired) electrons. The maximum Gasteiger partial charge on any atom is 0.305 e. The zero-order chi connectivity index (χ0) is 31.1. The number of aromatic amines is 1. The number of aryl methyl sites for hydroxylation is 1. The van der Waals surface area contributed by atoms with E-state index in [2.05, 4.69) is 48.3 Å². The predicted octanol–water partition coefficient (Wildman–Crippen LogP) is 12.2. The van der Waals surface area contributed by atoms with Gasteiger partial charge in [-0.2, -0.15) is 15.4 Å². The van der Waals surface area contributed by atoms with Gasteiger partial charge in [0.1, 0.15) is 11.0 Å². The van der Waals surface area contributed by atoms with Crippen molar-refractivity contribution in [1.29, 1.82) is 0 Å². The van der Waals surface area contributed by atoms with Crippen molar-refractivity contribution in [2.24, 2.45) is 0 Å². The zero-order valence-corrected chi connectivity index (χ0v) is 28.7. The lowest BCUT2D eigenvalue weighted by Gasteiger charge is -2.06. The molecule has 43 heavy (non-hydrogen) atoms. The quantitative estimate of drug-likeness (QED) is 0.0780. The summed E-state index contributed by atoms with van der Waals surface area (Å²) in [6.07, 6.45) is 34.9. The van der Waals surface area contributed by atoms with Crippen molar-refractivity contribution in [2.75, 3.05) is 6.61 Å². The van der Waals surface area contributed by atoms with Crippen LogP contribution in [-0.4, -0.2) is 28.0 Å². The SMILES string of the molecule is CCCCCCCCCCCCCCCC(=O)OCCCCCCCCCCCC.CCCCc1ccc2n[nH]nc2c1. The lowest BCUT2D eigenvalue weighted by molar-refractivity contribution is -0.143. The van der Waals surface area contributed by atoms with Gasteiger partial charge in [-0.3, -0.25) is 4.79 Å². The van der Waals surface area contributed by atoms with E-state index in [4.69, 9.17) is 4.74 Å². The molecule has 1 aromatic carbocycles. The summed E-state index contributed by atoms with van der Waals surface area (Å²) >= 11 is 0. The Morgan fingerprint density at radius 2 is 1.00 bits per heavy atom. The van der Waals surface area contributed by atoms with Crippen molar-refractivity contribution in [2.45, 2.75) is 194 Å². The standard InChI is InChI=1S/C28H56O2.C10H13N3/c1-3-5-7-9-11-13-15-16-17-18-20-22-24-26-28(29)30-27-25-23-21-19-14-12-10-8-6-4-2;1-2-3-4-8-5-6-9-10(7-8)12-13-11-9/h3-27H2,1-2H3;5-7H,2-4H2,1H3,(H,11,12,13). The number of ether oxygens (including phenoxy) is 1. The number of carbonyl (C=O) groups is 1. The highest BCUT2D eigenvalue weighted by molar-refractivity contribution is 5.74. The average Bonchev–Trinajstić information content (AvgIpc) is 3.49. The summed E-state index contributed by atoms with van der Waals surface area (Å²) < 4.78 is 5.38. The van der Waals surface area contributed by atoms with Gasteiger partial charge in [-0.25, -0.2) is 0 Å². The highest BCUT2D eigenvalue weighted by atomic mass is 16.5. The molecular formula is C38H69N3O2. The first kappa shape index (κ1) is 39.1. The van der Waals surface area contributed by atoms with E-state index in [1.807, 2.05) is 6.07 Å². The molecule has 0 amide bonds. The third-order valence-electron chi connectivity index (χ3n) is 8.45. The maximum absolute atomic E-state index is 11.8. The number of aromatic nitrogens is 3. The van der Waals surface area contributed by atoms with Crippen molar-refractivity contribution in [1.82, 2.24) is 15.4 Å². The summed E-state index contributed by atoms with van der Waals surface area (Å²) in [4.78, 5) is 11.8. The lowest BCUT2D eigenvalue weighted by atomic mass is 10.0. The number of benzene rings is 1. The topological polar surface area (TPSA) is 67.9 Å². The molecule has 248 valence electrons. The number of esters is 1. The smallest absolute Gasteiger partial charge is 0.305 e. The second kappa shape index (κ2) is 30.1. The molecule has 0 aliphatic rings. The third kappa shape index (κ3) is 24.1. The highest BCUT2D eigenvalue weighted by Gasteiger charge is 2.03. The Kier molecular flexibility index (Phi) is 27.4. The largest absolute Gasteiger partial charge is 0.466 e. The number of carbonyl (C=O) groups excluding carboxylic acids is 1. The molecule has 5 nitrogen and oxygen atoms in total. The summed E-state index contributed by atoms with van der Waals surface area (Å²) in [5, 5.41) is 10.7. The van der Waals surface area contributed by atoms with E-state index in [1.54, 1.807) is 0 Å². The van der Waals surface area contributed by atoms with Crippen LogP contribution in [0.2, 0.25) is 0 Å². The van der Waals surface area contributed by atoms with Crippen LogP contribution in [0.4, 0.5) is 0 Å². The molecule has 0 bridgehead atoms. The summed E-state index contributed by atoms with van der Waals surface area (Å²) in [7, 11) is 0. The Morgan fingerprint density at radius 3 is 1.51 bits per heavy atom. The van der Waals surface area contributed by atoms with Gasteiger partial charge in [0.25, 0.3) is 0 Å². The molecule has 1 N–H and O–H groups in total. The molecule has 0 spiro atoms. The van der Waals surface area contributed by atoms with Gasteiger partial charge in [-0.05, 0) is 43.4 Å². The van der Waals surface area contributed by atoms with Crippen LogP contribution in [0.3, 0.4) is 0 Å². The molecule has 2 aromatic rings. The van der Waals surface area contributed by atoms with Crippen LogP contribution < -0.4 is 0 Å². The summed E-state index contributed by atoms with van der Waals surface area (Å²) in [6, 6.07) is 6.25. The van der Waals surface area contributed by atoms with Gasteiger partial charge in [0, 0.05) is 6.42 Å². The van der Waals surface area contributed by atoms with Crippen LogP contribution in [0.1, 0.15) is 193 Å². The van der Waals surface area contributed by atoms with Gasteiger partial charge in [-0.15, -0.1) is 0 Å². The Bertz CT molecular complexity index is 866. The van der Waals surface area contributed by atoms with Crippen molar-refractivity contribution in [3.05, 3.63) is 23.8 Å². The number of hydrogen-bond donors (Lipinski definition) is 1. The van der Waals surface area contributed by atoms with Crippen LogP contribution in [-0.2, 0) is 16.0 Å². The molecule has 0 aliphatic carbocycles. The molecule has 0 unspecified atom stereocenters. The van der Waals surface area contributed by atoms with Gasteiger partial charge in [-0.1, -0.05) is 168 Å². The third-order valence-corrected chi connectivity index (χ3v) is 8.45. The number of nitrogens with zero attached hydrogens (tertiary/aromatic N) is 2. The summed E-state index contributed by atoms with van der Waals surface area (Å²) in [6.45, 7) is 7.39. The van der Waals surface area contributed by atoms with E-state index >= 15 is 0 Å². The number of nitrogens with one attached hydrogen (secondary N) is 1. The number of fused-ring (bicyclic) bond motifs is 1. The number of hydrogen-bond acceptors (Lipinski definition) is 4. The summed E-state index contributed by atoms with van der Waals surface area (Å²) in [5.74, 6) is 0.0222. The number of unbranched alkanes of at least 4 members (excludes halogenated alkanes) is 22. The van der Waals surface area contributed by atoms with Crippen molar-refractivity contribution < 1.29 is 9.53 Å². The minimum atomic E-state index is 0.0222. The van der Waals surface area contributed by atoms with Crippen LogP contribution in [0, 0.1) is 0 Å². The van der Waals surface area contributed by atoms with Gasteiger partial charge in [0.05, 0.1) is 6.61 Å². The Morgan fingerprint density at radius 1 is 0.558 bits per heavy atom. The van der Waals surface area contributed by atoms with Crippen molar-refractivity contribution in [3.8, 4) is 0 Å². The fourth-order valence-electron chi connectivity index (χ4n) is 5.56. The van der Waals surface area contributed by atoms with E-state index in [9.17, 15) is 4.79 Å². The van der Waals surface area contributed by atoms with E-state index in [1.165, 1.54) is 153 Å². The first-order chi connectivity index (χ1) is 21.2. The molecule has 0 aliphatic heterocycles. The normalized spacial score (nSPS) is 11.0. The minimum Gasteiger partial charge on any atom is -0.466 e. The van der Waals surface area contributed by atoms with Gasteiger partial charge < -0.3 is 4.74 Å². The molecule has 0 saturated heterocycles. The van der Waals surface area contributed by atoms with Crippen molar-refractivity contribution in [3.63, 3.8) is 0 Å². The number of H-pyrrole nitrogens is 1. The van der Waals surface area contributed by atoms with Gasteiger partial charge in [0.15, 0.2) is 0 Å². The Balaban J connectivity index is 0.000000580. The average molecular weight is 600 g/mol. The second-order valence-corrected chi connectivity index (χ2v) is 12.6. The Hall–Kier alpha value is -1.91. The van der Waals surface area contributed by atoms with Crippen LogP contribution in [0.15, 0.2) is 18.2 Å². The van der Waals surface area contributed by atoms with Gasteiger partial charge >= 0.3 is 5.97 Å². The molecule has 1 heterocycles. The first-order valence-corrected chi connectivity index (χ1v) is 18.7. The molecule has 2 rings (SSSR count). The number of rotatable bonds is 28. The molecular weight excluding hydrogens is 530 g/mol. The van der Waals surface area contributed by atoms with Gasteiger partial charge in [0.2, 0.25) is 0 Å². The zero-order valence-electron chi connectivity index (χ0n) is 28.7. The molecule has 0 atom stereocenters. The van der Waals surface area contributed by atoms with E-state index in [0.717, 1.165) is 30.3 Å². The molecule has 0 saturated carbocycles. The van der Waals surface area contributed by atoms with E-state index < -0.39 is 0 Å². The van der Waals surface area contributed by atoms with Crippen LogP contribution in [0.25, 0.3) is 11.0 Å². The minimum absolute atomic E-state index is 0.0222. The second-order valence-electron chi connectivity index (χ2n) is 12.6. The van der Waals surface area contributed by atoms with E-state index in [-0.39, 0.29) is 5.97 Å². The summed E-state index contributed by atoms with van der Waals surface area (Å²) in [5.41, 5.74) is 3.26. The first-order valence-electron chi connectivity index (χ1n) is 18.7. The Labute approximate surface area is 266 Å². The molecule has 5 heteroatoms. The monoisotopic (exact) mass is 600 g/mol. The van der Waals surface area contributed by atoms with E-state index in [0.29, 0.717) is 13.0 Å². The molecule has 0 fully saturated rings. The fourth-order valence-corrected chi connectivity index (χ4v) is 5.56. The highest BCUT2D eigenvalue weighted by Crippen LogP contribution is 2.15. The fraction of sp³-hybridized carbons (Fsp3) is 0.816.